The van der Waals surface area contributed by atoms with E-state index in [0.717, 1.165) is 32.4 Å². The van der Waals surface area contributed by atoms with Gasteiger partial charge in [-0.1, -0.05) is 20.3 Å². The van der Waals surface area contributed by atoms with Crippen LogP contribution in [0.25, 0.3) is 0 Å². The maximum absolute atomic E-state index is 11.4. The fraction of sp³-hybridized carbons (Fsp3) is 0.909. The standard InChI is InChI=1S/C11H22N2O2/c1-3-4-7-15-11(14)13-10-8-12-6-5-9(10)2/h9-10,12H,3-8H2,1-2H3,(H,13,14). The normalized spacial score (nSPS) is 26.0. The van der Waals surface area contributed by atoms with E-state index in [-0.39, 0.29) is 12.1 Å². The van der Waals surface area contributed by atoms with Crippen LogP contribution in [0, 0.1) is 5.92 Å². The lowest BCUT2D eigenvalue weighted by atomic mass is 9.95. The van der Waals surface area contributed by atoms with Gasteiger partial charge in [0, 0.05) is 12.6 Å². The van der Waals surface area contributed by atoms with Gasteiger partial charge >= 0.3 is 6.09 Å². The van der Waals surface area contributed by atoms with E-state index < -0.39 is 0 Å². The van der Waals surface area contributed by atoms with Crippen LogP contribution in [0.2, 0.25) is 0 Å². The Morgan fingerprint density at radius 2 is 2.40 bits per heavy atom. The maximum atomic E-state index is 11.4. The van der Waals surface area contributed by atoms with E-state index in [1.165, 1.54) is 0 Å². The number of hydrogen-bond donors (Lipinski definition) is 2. The topological polar surface area (TPSA) is 50.4 Å². The van der Waals surface area contributed by atoms with Crippen LogP contribution in [-0.4, -0.2) is 31.8 Å². The molecular formula is C11H22N2O2. The van der Waals surface area contributed by atoms with Crippen LogP contribution < -0.4 is 10.6 Å². The highest BCUT2D eigenvalue weighted by molar-refractivity contribution is 5.67. The molecule has 88 valence electrons. The molecule has 1 saturated heterocycles. The number of amides is 1. The summed E-state index contributed by atoms with van der Waals surface area (Å²) in [5.74, 6) is 0.532. The molecule has 2 atom stereocenters. The molecule has 4 heteroatoms. The van der Waals surface area contributed by atoms with E-state index in [9.17, 15) is 4.79 Å². The van der Waals surface area contributed by atoms with Crippen LogP contribution in [0.4, 0.5) is 4.79 Å². The first-order chi connectivity index (χ1) is 7.24. The molecule has 4 nitrogen and oxygen atoms in total. The Bertz CT molecular complexity index is 197. The Labute approximate surface area is 91.8 Å². The van der Waals surface area contributed by atoms with Crippen molar-refractivity contribution in [3.05, 3.63) is 0 Å². The second-order valence-corrected chi connectivity index (χ2v) is 4.21. The van der Waals surface area contributed by atoms with Crippen molar-refractivity contribution in [2.45, 2.75) is 39.2 Å². The number of ether oxygens (including phenoxy) is 1. The average Bonchev–Trinajstić information content (AvgIpc) is 2.22. The first-order valence-corrected chi connectivity index (χ1v) is 5.88. The van der Waals surface area contributed by atoms with Gasteiger partial charge in [0.15, 0.2) is 0 Å². The minimum absolute atomic E-state index is 0.216. The molecule has 1 fully saturated rings. The fourth-order valence-corrected chi connectivity index (χ4v) is 1.69. The quantitative estimate of drug-likeness (QED) is 0.697. The Morgan fingerprint density at radius 3 is 3.07 bits per heavy atom. The van der Waals surface area contributed by atoms with Crippen molar-refractivity contribution in [1.82, 2.24) is 10.6 Å². The second kappa shape index (κ2) is 6.67. The molecule has 0 saturated carbocycles. The highest BCUT2D eigenvalue weighted by Crippen LogP contribution is 2.11. The predicted molar refractivity (Wildman–Crippen MR) is 59.8 cm³/mol. The summed E-state index contributed by atoms with van der Waals surface area (Å²) in [5, 5.41) is 6.17. The number of carbonyl (C=O) groups is 1. The van der Waals surface area contributed by atoms with E-state index in [4.69, 9.17) is 4.74 Å². The summed E-state index contributed by atoms with van der Waals surface area (Å²) in [6.07, 6.45) is 2.82. The molecule has 0 aromatic heterocycles. The predicted octanol–water partition coefficient (Wildman–Crippen LogP) is 1.51. The minimum Gasteiger partial charge on any atom is -0.450 e. The molecule has 15 heavy (non-hydrogen) atoms. The molecule has 1 amide bonds. The van der Waals surface area contributed by atoms with Crippen molar-refractivity contribution >= 4 is 6.09 Å². The van der Waals surface area contributed by atoms with Crippen LogP contribution in [-0.2, 0) is 4.74 Å². The number of nitrogens with one attached hydrogen (secondary N) is 2. The van der Waals surface area contributed by atoms with Crippen LogP contribution in [0.5, 0.6) is 0 Å². The third-order valence-electron chi connectivity index (χ3n) is 2.86. The SMILES string of the molecule is CCCCOC(=O)NC1CNCCC1C. The van der Waals surface area contributed by atoms with E-state index >= 15 is 0 Å². The summed E-state index contributed by atoms with van der Waals surface area (Å²) in [7, 11) is 0. The van der Waals surface area contributed by atoms with Gasteiger partial charge < -0.3 is 15.4 Å². The first kappa shape index (κ1) is 12.3. The molecule has 0 aliphatic carbocycles. The molecule has 0 bridgehead atoms. The first-order valence-electron chi connectivity index (χ1n) is 5.88. The molecule has 1 heterocycles. The summed E-state index contributed by atoms with van der Waals surface area (Å²) in [5.41, 5.74) is 0. The van der Waals surface area contributed by atoms with Crippen LogP contribution in [0.1, 0.15) is 33.1 Å². The van der Waals surface area contributed by atoms with Crippen LogP contribution in [0.15, 0.2) is 0 Å². The van der Waals surface area contributed by atoms with Crippen LogP contribution in [0.3, 0.4) is 0 Å². The van der Waals surface area contributed by atoms with E-state index in [0.29, 0.717) is 12.5 Å². The van der Waals surface area contributed by atoms with Crippen molar-refractivity contribution in [2.24, 2.45) is 5.92 Å². The zero-order valence-corrected chi connectivity index (χ0v) is 9.71. The average molecular weight is 214 g/mol. The summed E-state index contributed by atoms with van der Waals surface area (Å²) < 4.78 is 5.06. The van der Waals surface area contributed by atoms with E-state index in [1.54, 1.807) is 0 Å². The second-order valence-electron chi connectivity index (χ2n) is 4.21. The molecular weight excluding hydrogens is 192 g/mol. The van der Waals surface area contributed by atoms with Crippen molar-refractivity contribution in [3.63, 3.8) is 0 Å². The number of piperidine rings is 1. The molecule has 1 aliphatic rings. The van der Waals surface area contributed by atoms with E-state index in [1.807, 2.05) is 0 Å². The third kappa shape index (κ3) is 4.51. The van der Waals surface area contributed by atoms with Gasteiger partial charge in [-0.2, -0.15) is 0 Å². The Kier molecular flexibility index (Phi) is 5.47. The molecule has 1 rings (SSSR count). The number of unbranched alkanes of at least 4 members (excludes halogenated alkanes) is 1. The molecule has 0 aromatic rings. The molecule has 2 unspecified atom stereocenters. The maximum Gasteiger partial charge on any atom is 0.407 e. The molecule has 1 aliphatic heterocycles. The fourth-order valence-electron chi connectivity index (χ4n) is 1.69. The number of rotatable bonds is 4. The Hall–Kier alpha value is -0.770. The van der Waals surface area contributed by atoms with Crippen molar-refractivity contribution in [2.75, 3.05) is 19.7 Å². The minimum atomic E-state index is -0.274. The summed E-state index contributed by atoms with van der Waals surface area (Å²) in [4.78, 5) is 11.4. The number of hydrogen-bond acceptors (Lipinski definition) is 3. The zero-order valence-electron chi connectivity index (χ0n) is 9.71. The van der Waals surface area contributed by atoms with Crippen LogP contribution >= 0.6 is 0 Å². The highest BCUT2D eigenvalue weighted by Gasteiger charge is 2.22. The monoisotopic (exact) mass is 214 g/mol. The lowest BCUT2D eigenvalue weighted by molar-refractivity contribution is 0.134. The number of carbonyl (C=O) groups excluding carboxylic acids is 1. The summed E-state index contributed by atoms with van der Waals surface area (Å²) >= 11 is 0. The molecule has 0 aromatic carbocycles. The van der Waals surface area contributed by atoms with Gasteiger partial charge in [-0.3, -0.25) is 0 Å². The van der Waals surface area contributed by atoms with Gasteiger partial charge in [0.25, 0.3) is 0 Å². The number of alkyl carbamates (subject to hydrolysis) is 1. The molecule has 2 N–H and O–H groups in total. The lowest BCUT2D eigenvalue weighted by Gasteiger charge is -2.29. The van der Waals surface area contributed by atoms with E-state index in [2.05, 4.69) is 24.5 Å². The third-order valence-corrected chi connectivity index (χ3v) is 2.86. The van der Waals surface area contributed by atoms with Gasteiger partial charge in [-0.15, -0.1) is 0 Å². The smallest absolute Gasteiger partial charge is 0.407 e. The largest absolute Gasteiger partial charge is 0.450 e. The summed E-state index contributed by atoms with van der Waals surface area (Å²) in [6, 6.07) is 0.216. The van der Waals surface area contributed by atoms with Crippen molar-refractivity contribution in [3.8, 4) is 0 Å². The highest BCUT2D eigenvalue weighted by atomic mass is 16.5. The van der Waals surface area contributed by atoms with Gasteiger partial charge in [-0.25, -0.2) is 4.79 Å². The zero-order chi connectivity index (χ0) is 11.1. The lowest BCUT2D eigenvalue weighted by Crippen LogP contribution is -2.50. The summed E-state index contributed by atoms with van der Waals surface area (Å²) in [6.45, 7) is 6.66. The van der Waals surface area contributed by atoms with Gasteiger partial charge in [0.2, 0.25) is 0 Å². The Morgan fingerprint density at radius 1 is 1.60 bits per heavy atom. The van der Waals surface area contributed by atoms with Crippen molar-refractivity contribution in [1.29, 1.82) is 0 Å². The Balaban J connectivity index is 2.18. The van der Waals surface area contributed by atoms with Gasteiger partial charge in [-0.05, 0) is 25.3 Å². The van der Waals surface area contributed by atoms with Gasteiger partial charge in [0.05, 0.1) is 6.61 Å². The molecule has 0 spiro atoms. The molecule has 0 radical (unpaired) electrons. The van der Waals surface area contributed by atoms with Crippen molar-refractivity contribution < 1.29 is 9.53 Å². The van der Waals surface area contributed by atoms with Gasteiger partial charge in [0.1, 0.15) is 0 Å².